The average molecular weight is 426 g/mol. The van der Waals surface area contributed by atoms with E-state index in [1.807, 2.05) is 19.6 Å². The summed E-state index contributed by atoms with van der Waals surface area (Å²) in [7, 11) is -1.78. The third kappa shape index (κ3) is 4.64. The summed E-state index contributed by atoms with van der Waals surface area (Å²) < 4.78 is 79.8. The molecule has 2 nitrogen and oxygen atoms in total. The molecule has 0 radical (unpaired) electrons. The topological polar surface area (TPSA) is 17.3 Å². The second-order valence-corrected chi connectivity index (χ2v) is 12.3. The maximum atomic E-state index is 13.6. The molecule has 0 saturated carbocycles. The number of hydrogen-bond acceptors (Lipinski definition) is 1. The van der Waals surface area contributed by atoms with Gasteiger partial charge in [-0.1, -0.05) is 37.7 Å². The van der Waals surface area contributed by atoms with E-state index in [-0.39, 0.29) is 16.6 Å². The van der Waals surface area contributed by atoms with Gasteiger partial charge >= 0.3 is 12.4 Å². The smallest absolute Gasteiger partial charge is 0.227 e. The molecule has 0 unspecified atom stereocenters. The van der Waals surface area contributed by atoms with Crippen LogP contribution >= 0.6 is 0 Å². The molecular formula is C20H16F6N2Si. The molecule has 0 aliphatic carbocycles. The monoisotopic (exact) mass is 426 g/mol. The minimum absolute atomic E-state index is 0.134. The Hall–Kier alpha value is -2.73. The largest absolute Gasteiger partial charge is 0.433 e. The maximum absolute atomic E-state index is 13.6. The van der Waals surface area contributed by atoms with Gasteiger partial charge in [0.05, 0.1) is 22.8 Å². The summed E-state index contributed by atoms with van der Waals surface area (Å²) in [6, 6.07) is 6.32. The van der Waals surface area contributed by atoms with Crippen LogP contribution in [0.25, 0.3) is 16.6 Å². The summed E-state index contributed by atoms with van der Waals surface area (Å²) in [6.07, 6.45) is -7.95. The Balaban J connectivity index is 2.21. The van der Waals surface area contributed by atoms with Gasteiger partial charge in [-0.15, -0.1) is 5.54 Å². The highest BCUT2D eigenvalue weighted by atomic mass is 28.3. The minimum atomic E-state index is -4.70. The molecule has 1 aromatic carbocycles. The number of pyridine rings is 1. The van der Waals surface area contributed by atoms with Crippen molar-refractivity contribution in [3.8, 4) is 22.6 Å². The first kappa shape index (κ1) is 21.0. The summed E-state index contributed by atoms with van der Waals surface area (Å²) in [5.41, 5.74) is 2.05. The van der Waals surface area contributed by atoms with Crippen molar-refractivity contribution in [2.24, 2.45) is 0 Å². The van der Waals surface area contributed by atoms with Gasteiger partial charge in [0, 0.05) is 0 Å². The van der Waals surface area contributed by atoms with Crippen molar-refractivity contribution in [2.45, 2.75) is 32.0 Å². The Bertz CT molecular complexity index is 1110. The molecule has 3 rings (SSSR count). The van der Waals surface area contributed by atoms with Gasteiger partial charge in [0.1, 0.15) is 13.8 Å². The van der Waals surface area contributed by atoms with Crippen molar-refractivity contribution in [3.63, 3.8) is 0 Å². The lowest BCUT2D eigenvalue weighted by Gasteiger charge is -2.13. The molecule has 2 aromatic heterocycles. The van der Waals surface area contributed by atoms with Gasteiger partial charge < -0.3 is 0 Å². The highest BCUT2D eigenvalue weighted by molar-refractivity contribution is 6.83. The second-order valence-electron chi connectivity index (χ2n) is 7.56. The van der Waals surface area contributed by atoms with Crippen LogP contribution in [0.3, 0.4) is 0 Å². The Morgan fingerprint density at radius 1 is 0.862 bits per heavy atom. The zero-order chi connectivity index (χ0) is 21.6. The molecule has 0 bridgehead atoms. The predicted octanol–water partition coefficient (Wildman–Crippen LogP) is 6.27. The van der Waals surface area contributed by atoms with Gasteiger partial charge in [-0.05, 0) is 35.4 Å². The summed E-state index contributed by atoms with van der Waals surface area (Å²) >= 11 is 0. The van der Waals surface area contributed by atoms with Gasteiger partial charge in [-0.25, -0.2) is 4.52 Å². The number of nitrogens with zero attached hydrogens (tertiary/aromatic N) is 2. The van der Waals surface area contributed by atoms with Crippen molar-refractivity contribution in [2.75, 3.05) is 0 Å². The summed E-state index contributed by atoms with van der Waals surface area (Å²) in [6.45, 7) is 6.00. The first-order valence-electron chi connectivity index (χ1n) is 8.55. The molecule has 29 heavy (non-hydrogen) atoms. The average Bonchev–Trinajstić information content (AvgIpc) is 3.00. The predicted molar refractivity (Wildman–Crippen MR) is 101 cm³/mol. The second kappa shape index (κ2) is 6.95. The van der Waals surface area contributed by atoms with Gasteiger partial charge in [0.2, 0.25) is 0 Å². The highest BCUT2D eigenvalue weighted by Gasteiger charge is 2.35. The highest BCUT2D eigenvalue weighted by Crippen LogP contribution is 2.35. The lowest BCUT2D eigenvalue weighted by atomic mass is 10.0. The fourth-order valence-electron chi connectivity index (χ4n) is 2.66. The molecule has 0 aliphatic rings. The van der Waals surface area contributed by atoms with E-state index >= 15 is 0 Å². The fourth-order valence-corrected chi connectivity index (χ4v) is 3.17. The number of rotatable bonds is 1. The molecular weight excluding hydrogens is 410 g/mol. The van der Waals surface area contributed by atoms with Crippen molar-refractivity contribution < 1.29 is 26.3 Å². The van der Waals surface area contributed by atoms with Crippen molar-refractivity contribution in [3.05, 3.63) is 59.4 Å². The maximum Gasteiger partial charge on any atom is 0.433 e. The molecule has 3 aromatic rings. The molecule has 0 N–H and O–H groups in total. The third-order valence-corrected chi connectivity index (χ3v) is 4.90. The zero-order valence-corrected chi connectivity index (χ0v) is 16.7. The van der Waals surface area contributed by atoms with Crippen LogP contribution in [0.2, 0.25) is 19.6 Å². The van der Waals surface area contributed by atoms with E-state index in [0.29, 0.717) is 5.56 Å². The lowest BCUT2D eigenvalue weighted by molar-refractivity contribution is -0.142. The minimum Gasteiger partial charge on any atom is -0.227 e. The summed E-state index contributed by atoms with van der Waals surface area (Å²) in [4.78, 5) is 0. The number of alkyl halides is 6. The van der Waals surface area contributed by atoms with E-state index < -0.39 is 31.7 Å². The molecule has 0 spiro atoms. The van der Waals surface area contributed by atoms with Crippen LogP contribution in [-0.4, -0.2) is 17.7 Å². The van der Waals surface area contributed by atoms with Crippen LogP contribution in [0.1, 0.15) is 16.8 Å². The number of halogens is 6. The van der Waals surface area contributed by atoms with E-state index in [2.05, 4.69) is 16.6 Å². The van der Waals surface area contributed by atoms with E-state index in [1.165, 1.54) is 12.3 Å². The van der Waals surface area contributed by atoms with Gasteiger partial charge in [-0.2, -0.15) is 31.4 Å². The normalized spacial score (nSPS) is 12.7. The molecule has 0 atom stereocenters. The van der Waals surface area contributed by atoms with Crippen molar-refractivity contribution in [1.29, 1.82) is 0 Å². The number of aromatic nitrogens is 2. The van der Waals surface area contributed by atoms with Crippen molar-refractivity contribution >= 4 is 13.6 Å². The third-order valence-electron chi connectivity index (χ3n) is 4.03. The SMILES string of the molecule is C[Si](C)(C)C#Cc1cnn2c(C(F)(F)F)cc(-c3ccc(C(F)(F)F)cc3)cc12. The van der Waals surface area contributed by atoms with E-state index in [1.54, 1.807) is 0 Å². The van der Waals surface area contributed by atoms with Crippen LogP contribution in [0, 0.1) is 11.5 Å². The Morgan fingerprint density at radius 3 is 2.00 bits per heavy atom. The Kier molecular flexibility index (Phi) is 5.03. The standard InChI is InChI=1S/C20H16F6N2Si/c1-29(2,3)9-8-14-12-27-28-17(14)10-15(11-18(28)20(24,25)26)13-4-6-16(7-5-13)19(21,22)23/h4-7,10-12H,1-3H3. The first-order chi connectivity index (χ1) is 13.3. The van der Waals surface area contributed by atoms with Crippen LogP contribution in [0.5, 0.6) is 0 Å². The van der Waals surface area contributed by atoms with Crippen LogP contribution in [-0.2, 0) is 12.4 Å². The zero-order valence-electron chi connectivity index (χ0n) is 15.7. The van der Waals surface area contributed by atoms with Crippen molar-refractivity contribution in [1.82, 2.24) is 9.61 Å². The lowest BCUT2D eigenvalue weighted by Crippen LogP contribution is -2.16. The summed E-state index contributed by atoms with van der Waals surface area (Å²) in [5, 5.41) is 3.83. The Morgan fingerprint density at radius 2 is 1.48 bits per heavy atom. The number of hydrogen-bond donors (Lipinski definition) is 0. The van der Waals surface area contributed by atoms with E-state index in [9.17, 15) is 26.3 Å². The number of benzene rings is 1. The summed E-state index contributed by atoms with van der Waals surface area (Å²) in [5.74, 6) is 2.91. The van der Waals surface area contributed by atoms with Crippen LogP contribution < -0.4 is 0 Å². The first-order valence-corrected chi connectivity index (χ1v) is 12.1. The van der Waals surface area contributed by atoms with Gasteiger partial charge in [0.25, 0.3) is 0 Å². The van der Waals surface area contributed by atoms with Crippen LogP contribution in [0.4, 0.5) is 26.3 Å². The van der Waals surface area contributed by atoms with Gasteiger partial charge in [-0.3, -0.25) is 0 Å². The molecule has 0 aliphatic heterocycles. The molecule has 0 amide bonds. The fraction of sp³-hybridized carbons (Fsp3) is 0.250. The number of fused-ring (bicyclic) bond motifs is 1. The quantitative estimate of drug-likeness (QED) is 0.255. The molecule has 9 heteroatoms. The molecule has 2 heterocycles. The van der Waals surface area contributed by atoms with E-state index in [4.69, 9.17) is 0 Å². The van der Waals surface area contributed by atoms with Crippen LogP contribution in [0.15, 0.2) is 42.6 Å². The van der Waals surface area contributed by atoms with E-state index in [0.717, 1.165) is 34.8 Å². The molecule has 0 saturated heterocycles. The molecule has 0 fully saturated rings. The molecule has 152 valence electrons. The van der Waals surface area contributed by atoms with Gasteiger partial charge in [0.15, 0.2) is 0 Å². The Labute approximate surface area is 164 Å².